The Labute approximate surface area is 217 Å². The van der Waals surface area contributed by atoms with Crippen molar-refractivity contribution in [1.29, 1.82) is 5.26 Å². The summed E-state index contributed by atoms with van der Waals surface area (Å²) >= 11 is 0. The second kappa shape index (κ2) is 12.8. The number of nitrogens with one attached hydrogen (secondary N) is 2. The van der Waals surface area contributed by atoms with Crippen molar-refractivity contribution in [1.82, 2.24) is 5.32 Å². The number of carbonyl (C=O) groups is 1. The number of amides is 1. The fourth-order valence-corrected chi connectivity index (χ4v) is 3.90. The van der Waals surface area contributed by atoms with Crippen molar-refractivity contribution in [2.75, 3.05) is 19.0 Å². The van der Waals surface area contributed by atoms with Gasteiger partial charge in [-0.25, -0.2) is 0 Å². The van der Waals surface area contributed by atoms with E-state index in [4.69, 9.17) is 14.7 Å². The molecular weight excluding hydrogens is 462 g/mol. The molecule has 0 aliphatic carbocycles. The number of benzene rings is 4. The average molecular weight is 492 g/mol. The van der Waals surface area contributed by atoms with Gasteiger partial charge in [0.15, 0.2) is 11.5 Å². The van der Waals surface area contributed by atoms with E-state index in [2.05, 4.69) is 16.7 Å². The van der Waals surface area contributed by atoms with Gasteiger partial charge in [-0.05, 0) is 59.5 Å². The largest absolute Gasteiger partial charge is 0.493 e. The third kappa shape index (κ3) is 7.12. The van der Waals surface area contributed by atoms with Crippen LogP contribution in [0.2, 0.25) is 0 Å². The topological polar surface area (TPSA) is 83.4 Å². The fourth-order valence-electron chi connectivity index (χ4n) is 3.90. The zero-order valence-corrected chi connectivity index (χ0v) is 20.7. The molecule has 2 N–H and O–H groups in total. The van der Waals surface area contributed by atoms with Crippen molar-refractivity contribution < 1.29 is 14.3 Å². The number of methoxy groups -OCH3 is 1. The molecule has 186 valence electrons. The van der Waals surface area contributed by atoms with Crippen LogP contribution in [0.25, 0.3) is 0 Å². The molecule has 1 amide bonds. The van der Waals surface area contributed by atoms with Gasteiger partial charge < -0.3 is 20.1 Å². The summed E-state index contributed by atoms with van der Waals surface area (Å²) < 4.78 is 11.6. The number of rotatable bonds is 11. The van der Waals surface area contributed by atoms with E-state index in [9.17, 15) is 4.79 Å². The molecule has 6 heteroatoms. The maximum absolute atomic E-state index is 13.4. The normalized spacial score (nSPS) is 11.1. The number of carbonyl (C=O) groups excluding carboxylic acids is 1. The van der Waals surface area contributed by atoms with E-state index >= 15 is 0 Å². The molecule has 0 saturated carbocycles. The summed E-state index contributed by atoms with van der Waals surface area (Å²) in [5.41, 5.74) is 4.21. The Bertz CT molecular complexity index is 1330. The first-order chi connectivity index (χ1) is 18.2. The highest BCUT2D eigenvalue weighted by atomic mass is 16.5. The summed E-state index contributed by atoms with van der Waals surface area (Å²) in [5, 5.41) is 15.5. The second-order valence-corrected chi connectivity index (χ2v) is 8.48. The third-order valence-electron chi connectivity index (χ3n) is 5.90. The van der Waals surface area contributed by atoms with Crippen LogP contribution in [-0.2, 0) is 17.8 Å². The molecule has 0 fully saturated rings. The van der Waals surface area contributed by atoms with Crippen LogP contribution in [0.4, 0.5) is 5.69 Å². The van der Waals surface area contributed by atoms with E-state index < -0.39 is 6.04 Å². The van der Waals surface area contributed by atoms with Gasteiger partial charge in [-0.15, -0.1) is 0 Å². The standard InChI is InChI=1S/C31H29N3O3/c1-36-29-20-26(14-17-28(29)37-22-25-10-6-3-7-11-25)30(34-27-15-12-24(21-32)13-16-27)31(35)33-19-18-23-8-4-2-5-9-23/h2-17,20,30,34H,18-19,22H2,1H3,(H,33,35)/t30-/m0/s1. The highest BCUT2D eigenvalue weighted by Crippen LogP contribution is 2.32. The molecule has 0 unspecified atom stereocenters. The maximum atomic E-state index is 13.4. The Morgan fingerprint density at radius 2 is 1.54 bits per heavy atom. The molecule has 1 atom stereocenters. The van der Waals surface area contributed by atoms with Crippen LogP contribution in [0.1, 0.15) is 28.3 Å². The Morgan fingerprint density at radius 1 is 0.865 bits per heavy atom. The van der Waals surface area contributed by atoms with Gasteiger partial charge >= 0.3 is 0 Å². The van der Waals surface area contributed by atoms with Crippen molar-refractivity contribution in [3.63, 3.8) is 0 Å². The van der Waals surface area contributed by atoms with E-state index in [1.165, 1.54) is 0 Å². The molecule has 4 rings (SSSR count). The average Bonchev–Trinajstić information content (AvgIpc) is 2.96. The van der Waals surface area contributed by atoms with Gasteiger partial charge in [-0.2, -0.15) is 5.26 Å². The van der Waals surface area contributed by atoms with Crippen LogP contribution < -0.4 is 20.1 Å². The minimum absolute atomic E-state index is 0.166. The summed E-state index contributed by atoms with van der Waals surface area (Å²) in [5.74, 6) is 0.967. The maximum Gasteiger partial charge on any atom is 0.247 e. The number of nitriles is 1. The Kier molecular flexibility index (Phi) is 8.77. The van der Waals surface area contributed by atoms with Crippen LogP contribution in [0, 0.1) is 11.3 Å². The molecular formula is C31H29N3O3. The van der Waals surface area contributed by atoms with Gasteiger partial charge in [0.05, 0.1) is 18.7 Å². The van der Waals surface area contributed by atoms with Crippen LogP contribution in [0.3, 0.4) is 0 Å². The smallest absolute Gasteiger partial charge is 0.247 e. The summed E-state index contributed by atoms with van der Waals surface area (Å²) in [4.78, 5) is 13.4. The van der Waals surface area contributed by atoms with Crippen LogP contribution >= 0.6 is 0 Å². The van der Waals surface area contributed by atoms with Crippen LogP contribution in [-0.4, -0.2) is 19.6 Å². The monoisotopic (exact) mass is 491 g/mol. The van der Waals surface area contributed by atoms with Crippen molar-refractivity contribution >= 4 is 11.6 Å². The summed E-state index contributed by atoms with van der Waals surface area (Å²) in [6, 6.07) is 33.9. The molecule has 4 aromatic carbocycles. The van der Waals surface area contributed by atoms with Crippen molar-refractivity contribution in [3.8, 4) is 17.6 Å². The lowest BCUT2D eigenvalue weighted by molar-refractivity contribution is -0.121. The number of anilines is 1. The van der Waals surface area contributed by atoms with E-state index in [0.717, 1.165) is 28.8 Å². The van der Waals surface area contributed by atoms with Gasteiger partial charge in [0.25, 0.3) is 0 Å². The first-order valence-electron chi connectivity index (χ1n) is 12.1. The predicted octanol–water partition coefficient (Wildman–Crippen LogP) is 5.66. The Hall–Kier alpha value is -4.76. The van der Waals surface area contributed by atoms with Crippen LogP contribution in [0.5, 0.6) is 11.5 Å². The predicted molar refractivity (Wildman–Crippen MR) is 144 cm³/mol. The highest BCUT2D eigenvalue weighted by molar-refractivity contribution is 5.86. The lowest BCUT2D eigenvalue weighted by atomic mass is 10.0. The van der Waals surface area contributed by atoms with E-state index in [1.807, 2.05) is 78.9 Å². The third-order valence-corrected chi connectivity index (χ3v) is 5.90. The van der Waals surface area contributed by atoms with E-state index in [0.29, 0.717) is 30.2 Å². The molecule has 0 aliphatic rings. The van der Waals surface area contributed by atoms with Gasteiger partial charge in [0.2, 0.25) is 5.91 Å². The number of hydrogen-bond donors (Lipinski definition) is 2. The number of hydrogen-bond acceptors (Lipinski definition) is 5. The number of nitrogens with zero attached hydrogens (tertiary/aromatic N) is 1. The SMILES string of the molecule is COc1cc([C@H](Nc2ccc(C#N)cc2)C(=O)NCCc2ccccc2)ccc1OCc1ccccc1. The molecule has 6 nitrogen and oxygen atoms in total. The van der Waals surface area contributed by atoms with E-state index in [-0.39, 0.29) is 5.91 Å². The number of ether oxygens (including phenoxy) is 2. The Balaban J connectivity index is 1.52. The molecule has 0 spiro atoms. The molecule has 0 saturated heterocycles. The van der Waals surface area contributed by atoms with E-state index in [1.54, 1.807) is 31.4 Å². The first-order valence-corrected chi connectivity index (χ1v) is 12.1. The minimum atomic E-state index is -0.680. The second-order valence-electron chi connectivity index (χ2n) is 8.48. The molecule has 0 heterocycles. The molecule has 0 aliphatic heterocycles. The lowest BCUT2D eigenvalue weighted by Crippen LogP contribution is -2.34. The minimum Gasteiger partial charge on any atom is -0.493 e. The van der Waals surface area contributed by atoms with Gasteiger partial charge in [0.1, 0.15) is 12.6 Å². The van der Waals surface area contributed by atoms with Crippen LogP contribution in [0.15, 0.2) is 103 Å². The van der Waals surface area contributed by atoms with Crippen molar-refractivity contribution in [3.05, 3.63) is 125 Å². The molecule has 0 aromatic heterocycles. The Morgan fingerprint density at radius 3 is 2.19 bits per heavy atom. The first kappa shape index (κ1) is 25.3. The fraction of sp³-hybridized carbons (Fsp3) is 0.161. The molecule has 4 aromatic rings. The van der Waals surface area contributed by atoms with Crippen molar-refractivity contribution in [2.24, 2.45) is 0 Å². The summed E-state index contributed by atoms with van der Waals surface area (Å²) in [6.45, 7) is 0.910. The summed E-state index contributed by atoms with van der Waals surface area (Å²) in [7, 11) is 1.58. The zero-order valence-electron chi connectivity index (χ0n) is 20.7. The van der Waals surface area contributed by atoms with Gasteiger partial charge in [-0.3, -0.25) is 4.79 Å². The lowest BCUT2D eigenvalue weighted by Gasteiger charge is -2.21. The summed E-state index contributed by atoms with van der Waals surface area (Å²) in [6.07, 6.45) is 0.728. The zero-order chi connectivity index (χ0) is 25.9. The van der Waals surface area contributed by atoms with Gasteiger partial charge in [0, 0.05) is 12.2 Å². The molecule has 0 bridgehead atoms. The van der Waals surface area contributed by atoms with Crippen molar-refractivity contribution in [2.45, 2.75) is 19.1 Å². The highest BCUT2D eigenvalue weighted by Gasteiger charge is 2.22. The van der Waals surface area contributed by atoms with Gasteiger partial charge in [-0.1, -0.05) is 66.7 Å². The molecule has 0 radical (unpaired) electrons. The molecule has 37 heavy (non-hydrogen) atoms. The quantitative estimate of drug-likeness (QED) is 0.283.